The Kier molecular flexibility index (Phi) is 3.06. The Morgan fingerprint density at radius 3 is 2.23 bits per heavy atom. The third-order valence-corrected chi connectivity index (χ3v) is 3.23. The lowest BCUT2D eigenvalue weighted by Crippen LogP contribution is -2.47. The van der Waals surface area contributed by atoms with E-state index in [2.05, 4.69) is 39.9 Å². The zero-order valence-corrected chi connectivity index (χ0v) is 9.91. The van der Waals surface area contributed by atoms with E-state index in [1.54, 1.807) is 0 Å². The number of hydrogen-bond donors (Lipinski definition) is 1. The molecule has 0 saturated carbocycles. The average Bonchev–Trinajstić information content (AvgIpc) is 2.33. The van der Waals surface area contributed by atoms with Crippen molar-refractivity contribution in [1.29, 1.82) is 0 Å². The Labute approximate surface area is 83.3 Å². The van der Waals surface area contributed by atoms with Gasteiger partial charge in [0.1, 0.15) is 0 Å². The van der Waals surface area contributed by atoms with E-state index in [-0.39, 0.29) is 0 Å². The molecule has 0 aromatic carbocycles. The van der Waals surface area contributed by atoms with E-state index in [1.165, 1.54) is 25.8 Å². The van der Waals surface area contributed by atoms with Crippen LogP contribution >= 0.6 is 0 Å². The Hall–Kier alpha value is -0.0400. The van der Waals surface area contributed by atoms with Crippen LogP contribution in [0, 0.1) is 11.3 Å². The molecule has 1 heteroatoms. The van der Waals surface area contributed by atoms with Gasteiger partial charge in [-0.05, 0) is 37.1 Å². The molecule has 0 spiro atoms. The van der Waals surface area contributed by atoms with E-state index >= 15 is 0 Å². The van der Waals surface area contributed by atoms with Crippen LogP contribution in [-0.2, 0) is 0 Å². The first kappa shape index (κ1) is 11.0. The molecule has 0 bridgehead atoms. The van der Waals surface area contributed by atoms with Crippen LogP contribution in [0.5, 0.6) is 0 Å². The molecule has 1 nitrogen and oxygen atoms in total. The average molecular weight is 183 g/mol. The van der Waals surface area contributed by atoms with E-state index in [0.717, 1.165) is 5.92 Å². The van der Waals surface area contributed by atoms with Gasteiger partial charge in [-0.1, -0.05) is 34.6 Å². The minimum Gasteiger partial charge on any atom is -0.311 e. The SMILES string of the molecule is CC(C)C1(CC(C)(C)C)CCCN1. The summed E-state index contributed by atoms with van der Waals surface area (Å²) in [4.78, 5) is 0. The maximum Gasteiger partial charge on any atom is 0.0209 e. The highest BCUT2D eigenvalue weighted by molar-refractivity contribution is 4.97. The Morgan fingerprint density at radius 2 is 1.92 bits per heavy atom. The summed E-state index contributed by atoms with van der Waals surface area (Å²) in [6.07, 6.45) is 4.02. The lowest BCUT2D eigenvalue weighted by molar-refractivity contribution is 0.175. The van der Waals surface area contributed by atoms with E-state index < -0.39 is 0 Å². The molecule has 1 aliphatic heterocycles. The van der Waals surface area contributed by atoms with Gasteiger partial charge >= 0.3 is 0 Å². The van der Waals surface area contributed by atoms with Gasteiger partial charge in [0.2, 0.25) is 0 Å². The molecule has 1 unspecified atom stereocenters. The predicted octanol–water partition coefficient (Wildman–Crippen LogP) is 3.20. The molecule has 0 radical (unpaired) electrons. The van der Waals surface area contributed by atoms with Crippen molar-refractivity contribution in [3.05, 3.63) is 0 Å². The zero-order valence-electron chi connectivity index (χ0n) is 9.91. The van der Waals surface area contributed by atoms with Crippen LogP contribution in [0.15, 0.2) is 0 Å². The van der Waals surface area contributed by atoms with Gasteiger partial charge in [-0.25, -0.2) is 0 Å². The van der Waals surface area contributed by atoms with Crippen molar-refractivity contribution >= 4 is 0 Å². The van der Waals surface area contributed by atoms with Crippen LogP contribution in [0.2, 0.25) is 0 Å². The number of hydrogen-bond acceptors (Lipinski definition) is 1. The van der Waals surface area contributed by atoms with Crippen LogP contribution < -0.4 is 5.32 Å². The highest BCUT2D eigenvalue weighted by atomic mass is 15.0. The molecule has 1 atom stereocenters. The summed E-state index contributed by atoms with van der Waals surface area (Å²) >= 11 is 0. The second kappa shape index (κ2) is 3.61. The zero-order chi connectivity index (χ0) is 10.1. The highest BCUT2D eigenvalue weighted by Gasteiger charge is 2.39. The topological polar surface area (TPSA) is 12.0 Å². The molecule has 1 aliphatic rings. The molecule has 0 aliphatic carbocycles. The lowest BCUT2D eigenvalue weighted by Gasteiger charge is -2.39. The van der Waals surface area contributed by atoms with Gasteiger partial charge in [0.15, 0.2) is 0 Å². The van der Waals surface area contributed by atoms with Gasteiger partial charge in [-0.15, -0.1) is 0 Å². The molecular formula is C12H25N. The molecule has 0 amide bonds. The van der Waals surface area contributed by atoms with Crippen LogP contribution in [0.3, 0.4) is 0 Å². The molecule has 1 N–H and O–H groups in total. The van der Waals surface area contributed by atoms with Crippen molar-refractivity contribution in [2.75, 3.05) is 6.54 Å². The summed E-state index contributed by atoms with van der Waals surface area (Å²) in [7, 11) is 0. The van der Waals surface area contributed by atoms with Crippen molar-refractivity contribution in [2.45, 2.75) is 59.4 Å². The summed E-state index contributed by atoms with van der Waals surface area (Å²) in [6, 6.07) is 0. The fraction of sp³-hybridized carbons (Fsp3) is 1.00. The fourth-order valence-electron chi connectivity index (χ4n) is 2.62. The first-order valence-electron chi connectivity index (χ1n) is 5.61. The molecule has 1 saturated heterocycles. The van der Waals surface area contributed by atoms with Gasteiger partial charge in [-0.2, -0.15) is 0 Å². The van der Waals surface area contributed by atoms with Gasteiger partial charge in [0, 0.05) is 5.54 Å². The summed E-state index contributed by atoms with van der Waals surface area (Å²) in [5, 5.41) is 3.73. The largest absolute Gasteiger partial charge is 0.311 e. The van der Waals surface area contributed by atoms with E-state index in [1.807, 2.05) is 0 Å². The molecule has 0 aromatic rings. The minimum atomic E-state index is 0.429. The van der Waals surface area contributed by atoms with Crippen molar-refractivity contribution in [3.63, 3.8) is 0 Å². The van der Waals surface area contributed by atoms with E-state index in [0.29, 0.717) is 11.0 Å². The maximum absolute atomic E-state index is 3.73. The smallest absolute Gasteiger partial charge is 0.0209 e. The third-order valence-electron chi connectivity index (χ3n) is 3.23. The van der Waals surface area contributed by atoms with Crippen LogP contribution in [0.25, 0.3) is 0 Å². The van der Waals surface area contributed by atoms with Crippen LogP contribution in [0.1, 0.15) is 53.9 Å². The van der Waals surface area contributed by atoms with E-state index in [9.17, 15) is 0 Å². The number of nitrogens with one attached hydrogen (secondary N) is 1. The summed E-state index contributed by atoms with van der Waals surface area (Å²) < 4.78 is 0. The molecule has 0 aromatic heterocycles. The molecule has 78 valence electrons. The Morgan fingerprint density at radius 1 is 1.31 bits per heavy atom. The summed E-state index contributed by atoms with van der Waals surface area (Å²) in [5.41, 5.74) is 0.875. The second-order valence-corrected chi connectivity index (χ2v) is 6.08. The van der Waals surface area contributed by atoms with Gasteiger partial charge in [-0.3, -0.25) is 0 Å². The normalized spacial score (nSPS) is 30.0. The van der Waals surface area contributed by atoms with Gasteiger partial charge in [0.05, 0.1) is 0 Å². The molecule has 1 heterocycles. The molecular weight excluding hydrogens is 158 g/mol. The van der Waals surface area contributed by atoms with Crippen LogP contribution in [-0.4, -0.2) is 12.1 Å². The quantitative estimate of drug-likeness (QED) is 0.693. The molecule has 1 fully saturated rings. The van der Waals surface area contributed by atoms with Crippen molar-refractivity contribution in [2.24, 2.45) is 11.3 Å². The summed E-state index contributed by atoms with van der Waals surface area (Å²) in [5.74, 6) is 0.759. The summed E-state index contributed by atoms with van der Waals surface area (Å²) in [6.45, 7) is 13.0. The first-order chi connectivity index (χ1) is 5.86. The van der Waals surface area contributed by atoms with E-state index in [4.69, 9.17) is 0 Å². The van der Waals surface area contributed by atoms with Gasteiger partial charge < -0.3 is 5.32 Å². The van der Waals surface area contributed by atoms with Crippen molar-refractivity contribution < 1.29 is 0 Å². The third kappa shape index (κ3) is 2.70. The standard InChI is InChI=1S/C12H25N/c1-10(2)12(7-6-8-13-12)9-11(3,4)5/h10,13H,6-9H2,1-5H3. The molecule has 1 rings (SSSR count). The highest BCUT2D eigenvalue weighted by Crippen LogP contribution is 2.38. The predicted molar refractivity (Wildman–Crippen MR) is 58.9 cm³/mol. The monoisotopic (exact) mass is 183 g/mol. The lowest BCUT2D eigenvalue weighted by atomic mass is 9.73. The second-order valence-electron chi connectivity index (χ2n) is 6.08. The van der Waals surface area contributed by atoms with Crippen molar-refractivity contribution in [3.8, 4) is 0 Å². The fourth-order valence-corrected chi connectivity index (χ4v) is 2.62. The minimum absolute atomic E-state index is 0.429. The Balaban J connectivity index is 2.68. The maximum atomic E-state index is 3.73. The Bertz CT molecular complexity index is 158. The van der Waals surface area contributed by atoms with Crippen molar-refractivity contribution in [1.82, 2.24) is 5.32 Å². The first-order valence-corrected chi connectivity index (χ1v) is 5.61. The van der Waals surface area contributed by atoms with Gasteiger partial charge in [0.25, 0.3) is 0 Å². The number of rotatable bonds is 2. The van der Waals surface area contributed by atoms with Crippen LogP contribution in [0.4, 0.5) is 0 Å². The molecule has 13 heavy (non-hydrogen) atoms.